The molecule has 0 spiro atoms. The van der Waals surface area contributed by atoms with Gasteiger partial charge in [-0.1, -0.05) is 23.2 Å². The Morgan fingerprint density at radius 3 is 2.30 bits per heavy atom. The van der Waals surface area contributed by atoms with Crippen LogP contribution in [0.3, 0.4) is 0 Å². The molecule has 0 aliphatic heterocycles. The van der Waals surface area contributed by atoms with E-state index in [9.17, 15) is 0 Å². The number of hydrogen-bond acceptors (Lipinski definition) is 4. The second-order valence-corrected chi connectivity index (χ2v) is 5.12. The molecule has 0 fully saturated rings. The smallest absolute Gasteiger partial charge is 0.224 e. The lowest BCUT2D eigenvalue weighted by molar-refractivity contribution is 0.177. The number of rotatable bonds is 4. The van der Waals surface area contributed by atoms with Crippen molar-refractivity contribution in [3.63, 3.8) is 0 Å². The molecule has 1 aromatic heterocycles. The Hall–Kier alpha value is -1.36. The third-order valence-corrected chi connectivity index (χ3v) is 3.41. The van der Waals surface area contributed by atoms with Crippen molar-refractivity contribution in [2.45, 2.75) is 20.5 Å². The van der Waals surface area contributed by atoms with Crippen LogP contribution in [-0.4, -0.2) is 17.1 Å². The van der Waals surface area contributed by atoms with Crippen molar-refractivity contribution >= 4 is 23.2 Å². The van der Waals surface area contributed by atoms with Crippen LogP contribution in [0.25, 0.3) is 0 Å². The van der Waals surface area contributed by atoms with Crippen LogP contribution in [0.1, 0.15) is 17.0 Å². The van der Waals surface area contributed by atoms with Crippen molar-refractivity contribution < 1.29 is 9.47 Å². The number of ether oxygens (including phenoxy) is 2. The number of halogens is 2. The van der Waals surface area contributed by atoms with Crippen LogP contribution in [0.2, 0.25) is 10.2 Å². The van der Waals surface area contributed by atoms with Gasteiger partial charge in [0.25, 0.3) is 0 Å². The van der Waals surface area contributed by atoms with Crippen molar-refractivity contribution in [3.05, 3.63) is 45.3 Å². The van der Waals surface area contributed by atoms with Gasteiger partial charge in [0, 0.05) is 18.2 Å². The van der Waals surface area contributed by atoms with E-state index in [4.69, 9.17) is 32.7 Å². The highest BCUT2D eigenvalue weighted by Crippen LogP contribution is 2.29. The largest absolute Gasteiger partial charge is 0.439 e. The molecule has 0 aliphatic carbocycles. The maximum atomic E-state index is 6.13. The number of aryl methyl sites for hydroxylation is 2. The second-order valence-electron chi connectivity index (χ2n) is 4.35. The molecule has 0 unspecified atom stereocenters. The van der Waals surface area contributed by atoms with Gasteiger partial charge in [0.1, 0.15) is 17.5 Å². The quantitative estimate of drug-likeness (QED) is 0.788. The molecule has 2 aromatic rings. The van der Waals surface area contributed by atoms with Crippen LogP contribution >= 0.6 is 23.2 Å². The minimum atomic E-state index is 0.273. The van der Waals surface area contributed by atoms with Gasteiger partial charge in [-0.3, -0.25) is 0 Å². The van der Waals surface area contributed by atoms with Crippen LogP contribution in [0.5, 0.6) is 11.6 Å². The summed E-state index contributed by atoms with van der Waals surface area (Å²) in [5.74, 6) is 1.50. The molecule has 4 nitrogen and oxygen atoms in total. The molecule has 0 saturated carbocycles. The third kappa shape index (κ3) is 3.60. The van der Waals surface area contributed by atoms with Crippen molar-refractivity contribution in [2.24, 2.45) is 0 Å². The zero-order valence-corrected chi connectivity index (χ0v) is 12.9. The fourth-order valence-electron chi connectivity index (χ4n) is 1.77. The molecule has 1 heterocycles. The lowest BCUT2D eigenvalue weighted by atomic mass is 10.1. The van der Waals surface area contributed by atoms with Gasteiger partial charge in [-0.15, -0.1) is 0 Å². The normalized spacial score (nSPS) is 10.7. The van der Waals surface area contributed by atoms with E-state index in [1.54, 1.807) is 13.2 Å². The van der Waals surface area contributed by atoms with Gasteiger partial charge in [0.05, 0.1) is 0 Å². The topological polar surface area (TPSA) is 44.2 Å². The zero-order valence-electron chi connectivity index (χ0n) is 11.4. The number of hydrogen-bond donors (Lipinski definition) is 0. The molecule has 0 atom stereocenters. The summed E-state index contributed by atoms with van der Waals surface area (Å²) in [6.07, 6.45) is 0. The lowest BCUT2D eigenvalue weighted by Gasteiger charge is -2.10. The first-order chi connectivity index (χ1) is 9.49. The molecular weight excluding hydrogens is 299 g/mol. The van der Waals surface area contributed by atoms with Crippen molar-refractivity contribution in [3.8, 4) is 11.6 Å². The Morgan fingerprint density at radius 2 is 1.70 bits per heavy atom. The standard InChI is InChI=1S/C14H14Cl2N2O2/c1-8-4-10(5-9(2)14(8)16)20-13-6-11(15)17-12(18-13)7-19-3/h4-6H,7H2,1-3H3. The van der Waals surface area contributed by atoms with Crippen molar-refractivity contribution in [1.82, 2.24) is 9.97 Å². The van der Waals surface area contributed by atoms with Crippen molar-refractivity contribution in [2.75, 3.05) is 7.11 Å². The fourth-order valence-corrected chi connectivity index (χ4v) is 2.07. The van der Waals surface area contributed by atoms with Gasteiger partial charge < -0.3 is 9.47 Å². The molecule has 0 saturated heterocycles. The Balaban J connectivity index is 2.30. The molecule has 2 rings (SSSR count). The first-order valence-electron chi connectivity index (χ1n) is 5.96. The molecule has 0 bridgehead atoms. The summed E-state index contributed by atoms with van der Waals surface area (Å²) in [7, 11) is 1.57. The molecule has 0 amide bonds. The maximum absolute atomic E-state index is 6.13. The first-order valence-corrected chi connectivity index (χ1v) is 6.72. The minimum absolute atomic E-state index is 0.273. The average Bonchev–Trinajstić information content (AvgIpc) is 2.35. The van der Waals surface area contributed by atoms with Crippen LogP contribution in [-0.2, 0) is 11.3 Å². The van der Waals surface area contributed by atoms with Gasteiger partial charge >= 0.3 is 0 Å². The molecule has 1 aromatic carbocycles. The van der Waals surface area contributed by atoms with Crippen LogP contribution < -0.4 is 4.74 Å². The van der Waals surface area contributed by atoms with E-state index in [1.807, 2.05) is 26.0 Å². The predicted octanol–water partition coefficient (Wildman–Crippen LogP) is 4.34. The Bertz CT molecular complexity index is 610. The highest BCUT2D eigenvalue weighted by atomic mass is 35.5. The monoisotopic (exact) mass is 312 g/mol. The summed E-state index contributed by atoms with van der Waals surface area (Å²) < 4.78 is 10.7. The van der Waals surface area contributed by atoms with Gasteiger partial charge in [-0.2, -0.15) is 4.98 Å². The predicted molar refractivity (Wildman–Crippen MR) is 78.8 cm³/mol. The van der Waals surface area contributed by atoms with E-state index < -0.39 is 0 Å². The lowest BCUT2D eigenvalue weighted by Crippen LogP contribution is -1.99. The second kappa shape index (κ2) is 6.39. The zero-order chi connectivity index (χ0) is 14.7. The molecule has 0 aliphatic rings. The number of benzene rings is 1. The summed E-state index contributed by atoms with van der Waals surface area (Å²) in [5, 5.41) is 1.04. The summed E-state index contributed by atoms with van der Waals surface area (Å²) in [4.78, 5) is 8.27. The number of methoxy groups -OCH3 is 1. The third-order valence-electron chi connectivity index (χ3n) is 2.62. The SMILES string of the molecule is COCc1nc(Cl)cc(Oc2cc(C)c(Cl)c(C)c2)n1. The highest BCUT2D eigenvalue weighted by Gasteiger charge is 2.08. The fraction of sp³-hybridized carbons (Fsp3) is 0.286. The van der Waals surface area contributed by atoms with E-state index in [0.29, 0.717) is 22.6 Å². The van der Waals surface area contributed by atoms with Crippen LogP contribution in [0.4, 0.5) is 0 Å². The van der Waals surface area contributed by atoms with E-state index in [-0.39, 0.29) is 6.61 Å². The summed E-state index contributed by atoms with van der Waals surface area (Å²) in [6.45, 7) is 4.12. The number of aromatic nitrogens is 2. The molecular formula is C14H14Cl2N2O2. The minimum Gasteiger partial charge on any atom is -0.439 e. The van der Waals surface area contributed by atoms with Gasteiger partial charge in [0.2, 0.25) is 5.88 Å². The number of nitrogens with zero attached hydrogens (tertiary/aromatic N) is 2. The molecule has 20 heavy (non-hydrogen) atoms. The van der Waals surface area contributed by atoms with Gasteiger partial charge in [-0.25, -0.2) is 4.98 Å². The Morgan fingerprint density at radius 1 is 1.05 bits per heavy atom. The summed E-state index contributed by atoms with van der Waals surface area (Å²) >= 11 is 12.1. The van der Waals surface area contributed by atoms with E-state index in [2.05, 4.69) is 9.97 Å². The summed E-state index contributed by atoms with van der Waals surface area (Å²) in [6, 6.07) is 5.25. The van der Waals surface area contributed by atoms with E-state index in [0.717, 1.165) is 16.1 Å². The average molecular weight is 313 g/mol. The van der Waals surface area contributed by atoms with Crippen LogP contribution in [0, 0.1) is 13.8 Å². The van der Waals surface area contributed by atoms with Gasteiger partial charge in [0.15, 0.2) is 5.82 Å². The van der Waals surface area contributed by atoms with Gasteiger partial charge in [-0.05, 0) is 37.1 Å². The van der Waals surface area contributed by atoms with E-state index >= 15 is 0 Å². The maximum Gasteiger partial charge on any atom is 0.224 e. The van der Waals surface area contributed by atoms with Crippen molar-refractivity contribution in [1.29, 1.82) is 0 Å². The summed E-state index contributed by atoms with van der Waals surface area (Å²) in [5.41, 5.74) is 1.89. The first kappa shape index (κ1) is 15.0. The van der Waals surface area contributed by atoms with Crippen LogP contribution in [0.15, 0.2) is 18.2 Å². The molecule has 0 N–H and O–H groups in total. The Labute approximate surface area is 127 Å². The molecule has 0 radical (unpaired) electrons. The Kier molecular flexibility index (Phi) is 4.81. The van der Waals surface area contributed by atoms with E-state index in [1.165, 1.54) is 0 Å². The highest BCUT2D eigenvalue weighted by molar-refractivity contribution is 6.32. The molecule has 106 valence electrons. The molecule has 6 heteroatoms.